The summed E-state index contributed by atoms with van der Waals surface area (Å²) in [5.74, 6) is 0.423. The lowest BCUT2D eigenvalue weighted by molar-refractivity contribution is 0.0923. The number of aromatic amines is 1. The van der Waals surface area contributed by atoms with E-state index in [1.807, 2.05) is 43.3 Å². The Morgan fingerprint density at radius 3 is 2.75 bits per heavy atom. The van der Waals surface area contributed by atoms with E-state index in [4.69, 9.17) is 9.26 Å². The van der Waals surface area contributed by atoms with E-state index in [1.54, 1.807) is 12.1 Å². The number of ether oxygens (including phenoxy) is 1. The van der Waals surface area contributed by atoms with Gasteiger partial charge in [-0.1, -0.05) is 35.5 Å². The van der Waals surface area contributed by atoms with E-state index in [1.165, 1.54) is 0 Å². The summed E-state index contributed by atoms with van der Waals surface area (Å²) in [6.45, 7) is 2.79. The minimum absolute atomic E-state index is 0.0685. The van der Waals surface area contributed by atoms with Crippen molar-refractivity contribution in [2.24, 2.45) is 5.92 Å². The van der Waals surface area contributed by atoms with E-state index in [0.717, 1.165) is 17.0 Å². The first-order chi connectivity index (χ1) is 13.6. The highest BCUT2D eigenvalue weighted by atomic mass is 16.5. The van der Waals surface area contributed by atoms with Crippen molar-refractivity contribution in [3.63, 3.8) is 0 Å². The number of carbonyl (C=O) groups excluding carboxylic acids is 1. The molecule has 28 heavy (non-hydrogen) atoms. The quantitative estimate of drug-likeness (QED) is 0.709. The molecule has 3 aromatic rings. The third-order valence-corrected chi connectivity index (χ3v) is 4.89. The standard InChI is InChI=1S/C21H21N3O4/c1-13-9-16(28-24-13)10-15-11-27-12-19(15)23-21(26)17-7-8-18(22-20(17)25)14-5-3-2-4-6-14/h2-9,15,19H,10-12H2,1H3,(H,22,25)(H,23,26)/t15-,19+/m1/s1. The highest BCUT2D eigenvalue weighted by Crippen LogP contribution is 2.20. The second kappa shape index (κ2) is 7.82. The molecule has 4 rings (SSSR count). The van der Waals surface area contributed by atoms with Crippen LogP contribution in [-0.4, -0.2) is 35.3 Å². The van der Waals surface area contributed by atoms with E-state index < -0.39 is 11.5 Å². The van der Waals surface area contributed by atoms with Crippen molar-refractivity contribution in [2.45, 2.75) is 19.4 Å². The van der Waals surface area contributed by atoms with Crippen molar-refractivity contribution in [2.75, 3.05) is 13.2 Å². The molecule has 0 saturated carbocycles. The number of aryl methyl sites for hydroxylation is 1. The monoisotopic (exact) mass is 379 g/mol. The first kappa shape index (κ1) is 18.2. The predicted octanol–water partition coefficient (Wildman–Crippen LogP) is 2.33. The van der Waals surface area contributed by atoms with Crippen LogP contribution < -0.4 is 10.9 Å². The number of nitrogens with one attached hydrogen (secondary N) is 2. The smallest absolute Gasteiger partial charge is 0.261 e. The van der Waals surface area contributed by atoms with Crippen LogP contribution in [0.25, 0.3) is 11.3 Å². The summed E-state index contributed by atoms with van der Waals surface area (Å²) < 4.78 is 10.8. The van der Waals surface area contributed by atoms with Crippen molar-refractivity contribution in [3.05, 3.63) is 75.9 Å². The highest BCUT2D eigenvalue weighted by Gasteiger charge is 2.31. The van der Waals surface area contributed by atoms with Crippen LogP contribution in [0.3, 0.4) is 0 Å². The van der Waals surface area contributed by atoms with Crippen molar-refractivity contribution >= 4 is 5.91 Å². The Balaban J connectivity index is 1.46. The van der Waals surface area contributed by atoms with Gasteiger partial charge in [0.25, 0.3) is 11.5 Å². The van der Waals surface area contributed by atoms with E-state index >= 15 is 0 Å². The molecule has 0 bridgehead atoms. The molecule has 0 radical (unpaired) electrons. The topological polar surface area (TPSA) is 97.2 Å². The SMILES string of the molecule is Cc1cc(C[C@@H]2COC[C@@H]2NC(=O)c2ccc(-c3ccccc3)[nH]c2=O)on1. The van der Waals surface area contributed by atoms with Gasteiger partial charge in [0.1, 0.15) is 11.3 Å². The zero-order chi connectivity index (χ0) is 19.5. The molecule has 3 heterocycles. The van der Waals surface area contributed by atoms with Crippen LogP contribution >= 0.6 is 0 Å². The lowest BCUT2D eigenvalue weighted by Crippen LogP contribution is -2.42. The van der Waals surface area contributed by atoms with Crippen molar-refractivity contribution in [1.29, 1.82) is 0 Å². The molecule has 2 atom stereocenters. The second-order valence-electron chi connectivity index (χ2n) is 7.00. The van der Waals surface area contributed by atoms with Gasteiger partial charge in [-0.3, -0.25) is 9.59 Å². The Bertz CT molecular complexity index is 1030. The predicted molar refractivity (Wildman–Crippen MR) is 103 cm³/mol. The van der Waals surface area contributed by atoms with Gasteiger partial charge in [0.15, 0.2) is 0 Å². The average Bonchev–Trinajstić information content (AvgIpc) is 3.31. The Labute approximate surface area is 161 Å². The van der Waals surface area contributed by atoms with Gasteiger partial charge in [-0.15, -0.1) is 0 Å². The van der Waals surface area contributed by atoms with Crippen LogP contribution in [0.2, 0.25) is 0 Å². The Kier molecular flexibility index (Phi) is 5.08. The molecule has 1 aliphatic rings. The molecular formula is C21H21N3O4. The van der Waals surface area contributed by atoms with Gasteiger partial charge < -0.3 is 19.6 Å². The molecule has 1 aliphatic heterocycles. The molecular weight excluding hydrogens is 358 g/mol. The van der Waals surface area contributed by atoms with Gasteiger partial charge in [0.2, 0.25) is 0 Å². The molecule has 1 amide bonds. The number of benzene rings is 1. The van der Waals surface area contributed by atoms with E-state index in [9.17, 15) is 9.59 Å². The normalized spacial score (nSPS) is 18.9. The lowest BCUT2D eigenvalue weighted by atomic mass is 9.98. The highest BCUT2D eigenvalue weighted by molar-refractivity contribution is 5.94. The fraction of sp³-hybridized carbons (Fsp3) is 0.286. The summed E-state index contributed by atoms with van der Waals surface area (Å²) >= 11 is 0. The van der Waals surface area contributed by atoms with Crippen LogP contribution in [0.4, 0.5) is 0 Å². The minimum Gasteiger partial charge on any atom is -0.379 e. The fourth-order valence-electron chi connectivity index (χ4n) is 3.41. The molecule has 2 aromatic heterocycles. The zero-order valence-corrected chi connectivity index (χ0v) is 15.5. The van der Waals surface area contributed by atoms with Crippen molar-refractivity contribution in [1.82, 2.24) is 15.5 Å². The van der Waals surface area contributed by atoms with Crippen LogP contribution in [0.15, 0.2) is 57.8 Å². The molecule has 1 fully saturated rings. The Morgan fingerprint density at radius 1 is 1.21 bits per heavy atom. The number of hydrogen-bond acceptors (Lipinski definition) is 5. The van der Waals surface area contributed by atoms with Crippen LogP contribution in [0.1, 0.15) is 21.8 Å². The largest absolute Gasteiger partial charge is 0.379 e. The van der Waals surface area contributed by atoms with Gasteiger partial charge in [-0.05, 0) is 24.6 Å². The molecule has 7 nitrogen and oxygen atoms in total. The summed E-state index contributed by atoms with van der Waals surface area (Å²) in [7, 11) is 0. The minimum atomic E-state index is -0.417. The fourth-order valence-corrected chi connectivity index (χ4v) is 3.41. The molecule has 1 saturated heterocycles. The molecule has 7 heteroatoms. The van der Waals surface area contributed by atoms with Crippen molar-refractivity contribution < 1.29 is 14.1 Å². The summed E-state index contributed by atoms with van der Waals surface area (Å²) in [5, 5.41) is 6.81. The van der Waals surface area contributed by atoms with Crippen LogP contribution in [0.5, 0.6) is 0 Å². The Morgan fingerprint density at radius 2 is 2.04 bits per heavy atom. The molecule has 2 N–H and O–H groups in total. The Hall–Kier alpha value is -3.19. The third kappa shape index (κ3) is 3.89. The second-order valence-corrected chi connectivity index (χ2v) is 7.00. The van der Waals surface area contributed by atoms with Gasteiger partial charge in [-0.25, -0.2) is 0 Å². The van der Waals surface area contributed by atoms with Crippen LogP contribution in [-0.2, 0) is 11.2 Å². The van der Waals surface area contributed by atoms with Crippen LogP contribution in [0, 0.1) is 12.8 Å². The van der Waals surface area contributed by atoms with Gasteiger partial charge in [0.05, 0.1) is 24.9 Å². The molecule has 0 aliphatic carbocycles. The number of pyridine rings is 1. The number of amides is 1. The first-order valence-corrected chi connectivity index (χ1v) is 9.19. The van der Waals surface area contributed by atoms with Gasteiger partial charge >= 0.3 is 0 Å². The van der Waals surface area contributed by atoms with Crippen molar-refractivity contribution in [3.8, 4) is 11.3 Å². The number of nitrogens with zero attached hydrogens (tertiary/aromatic N) is 1. The summed E-state index contributed by atoms with van der Waals surface area (Å²) in [6.07, 6.45) is 0.620. The molecule has 0 spiro atoms. The summed E-state index contributed by atoms with van der Waals surface area (Å²) in [5.41, 5.74) is 2.05. The molecule has 144 valence electrons. The number of rotatable bonds is 5. The maximum Gasteiger partial charge on any atom is 0.261 e. The zero-order valence-electron chi connectivity index (χ0n) is 15.5. The number of carbonyl (C=O) groups is 1. The first-order valence-electron chi connectivity index (χ1n) is 9.19. The summed E-state index contributed by atoms with van der Waals surface area (Å²) in [4.78, 5) is 27.9. The maximum atomic E-state index is 12.6. The lowest BCUT2D eigenvalue weighted by Gasteiger charge is -2.18. The maximum absolute atomic E-state index is 12.6. The number of hydrogen-bond donors (Lipinski definition) is 2. The van der Waals surface area contributed by atoms with Gasteiger partial charge in [0, 0.05) is 24.1 Å². The summed E-state index contributed by atoms with van der Waals surface area (Å²) in [6, 6.07) is 14.5. The number of aromatic nitrogens is 2. The number of H-pyrrole nitrogens is 1. The van der Waals surface area contributed by atoms with E-state index in [0.29, 0.717) is 25.3 Å². The molecule has 1 aromatic carbocycles. The van der Waals surface area contributed by atoms with Gasteiger partial charge in [-0.2, -0.15) is 0 Å². The van der Waals surface area contributed by atoms with E-state index in [-0.39, 0.29) is 17.5 Å². The average molecular weight is 379 g/mol. The third-order valence-electron chi connectivity index (χ3n) is 4.89. The molecule has 0 unspecified atom stereocenters. The van der Waals surface area contributed by atoms with E-state index in [2.05, 4.69) is 15.5 Å².